The first-order chi connectivity index (χ1) is 7.91. The summed E-state index contributed by atoms with van der Waals surface area (Å²) in [5, 5.41) is 3.26. The van der Waals surface area contributed by atoms with Gasteiger partial charge in [0.15, 0.2) is 0 Å². The van der Waals surface area contributed by atoms with E-state index in [1.165, 1.54) is 0 Å². The van der Waals surface area contributed by atoms with E-state index in [-0.39, 0.29) is 5.91 Å². The van der Waals surface area contributed by atoms with Gasteiger partial charge < -0.3 is 5.73 Å². The number of carbonyl (C=O) groups is 1. The van der Waals surface area contributed by atoms with E-state index in [9.17, 15) is 4.79 Å². The zero-order chi connectivity index (χ0) is 13.1. The summed E-state index contributed by atoms with van der Waals surface area (Å²) in [5.41, 5.74) is 7.97. The molecule has 0 bridgehead atoms. The molecule has 3 N–H and O–H groups in total. The van der Waals surface area contributed by atoms with Crippen molar-refractivity contribution < 1.29 is 4.79 Å². The molecule has 0 radical (unpaired) electrons. The fourth-order valence-corrected chi connectivity index (χ4v) is 1.96. The number of hydrogen-bond donors (Lipinski definition) is 2. The smallest absolute Gasteiger partial charge is 0.242 e. The molecule has 94 valence electrons. The first-order valence-corrected chi connectivity index (χ1v) is 6.04. The van der Waals surface area contributed by atoms with Crippen LogP contribution in [0.15, 0.2) is 18.2 Å². The summed E-state index contributed by atoms with van der Waals surface area (Å²) < 4.78 is 0. The van der Waals surface area contributed by atoms with Crippen molar-refractivity contribution >= 4 is 5.91 Å². The highest BCUT2D eigenvalue weighted by Gasteiger charge is 2.33. The largest absolute Gasteiger partial charge is 0.368 e. The van der Waals surface area contributed by atoms with Crippen LogP contribution >= 0.6 is 0 Å². The summed E-state index contributed by atoms with van der Waals surface area (Å²) >= 11 is 0. The Labute approximate surface area is 103 Å². The summed E-state index contributed by atoms with van der Waals surface area (Å²) in [5.74, 6) is -0.334. The minimum atomic E-state index is -0.786. The number of rotatable bonds is 5. The standard InChI is InChI=1S/C14H22N2O/c1-5-8-16-14(4,13(15)17)12-9-10(2)6-7-11(12)3/h6-7,9,16H,5,8H2,1-4H3,(H2,15,17). The lowest BCUT2D eigenvalue weighted by Crippen LogP contribution is -2.51. The van der Waals surface area contributed by atoms with Crippen molar-refractivity contribution in [1.29, 1.82) is 0 Å². The summed E-state index contributed by atoms with van der Waals surface area (Å²) in [6.07, 6.45) is 0.966. The molecule has 0 aliphatic rings. The highest BCUT2D eigenvalue weighted by Crippen LogP contribution is 2.25. The number of nitrogens with one attached hydrogen (secondary N) is 1. The second-order valence-electron chi connectivity index (χ2n) is 4.73. The number of aryl methyl sites for hydroxylation is 2. The van der Waals surface area contributed by atoms with Gasteiger partial charge in [0.25, 0.3) is 0 Å². The van der Waals surface area contributed by atoms with Gasteiger partial charge in [-0.05, 0) is 44.9 Å². The van der Waals surface area contributed by atoms with Crippen molar-refractivity contribution in [2.24, 2.45) is 5.73 Å². The normalized spacial score (nSPS) is 14.4. The number of carbonyl (C=O) groups excluding carboxylic acids is 1. The SMILES string of the molecule is CCCNC(C)(C(N)=O)c1cc(C)ccc1C. The van der Waals surface area contributed by atoms with E-state index in [4.69, 9.17) is 5.73 Å². The van der Waals surface area contributed by atoms with Gasteiger partial charge in [-0.2, -0.15) is 0 Å². The van der Waals surface area contributed by atoms with Crippen LogP contribution in [0, 0.1) is 13.8 Å². The van der Waals surface area contributed by atoms with E-state index in [0.717, 1.165) is 29.7 Å². The molecule has 1 unspecified atom stereocenters. The van der Waals surface area contributed by atoms with Gasteiger partial charge in [0.05, 0.1) is 0 Å². The molecule has 17 heavy (non-hydrogen) atoms. The van der Waals surface area contributed by atoms with Crippen molar-refractivity contribution in [3.63, 3.8) is 0 Å². The third-order valence-electron chi connectivity index (χ3n) is 3.15. The second-order valence-corrected chi connectivity index (χ2v) is 4.73. The maximum absolute atomic E-state index is 11.8. The van der Waals surface area contributed by atoms with E-state index in [2.05, 4.69) is 12.2 Å². The number of amides is 1. The molecule has 0 spiro atoms. The molecule has 0 saturated carbocycles. The van der Waals surface area contributed by atoms with Crippen LogP contribution in [0.25, 0.3) is 0 Å². The Bertz CT molecular complexity index is 415. The topological polar surface area (TPSA) is 55.1 Å². The number of nitrogens with two attached hydrogens (primary N) is 1. The van der Waals surface area contributed by atoms with Gasteiger partial charge in [-0.3, -0.25) is 10.1 Å². The molecule has 0 fully saturated rings. The predicted molar refractivity (Wildman–Crippen MR) is 70.8 cm³/mol. The lowest BCUT2D eigenvalue weighted by molar-refractivity contribution is -0.124. The number of hydrogen-bond acceptors (Lipinski definition) is 2. The average molecular weight is 234 g/mol. The van der Waals surface area contributed by atoms with Crippen LogP contribution in [-0.4, -0.2) is 12.5 Å². The van der Waals surface area contributed by atoms with Crippen LogP contribution in [0.2, 0.25) is 0 Å². The van der Waals surface area contributed by atoms with Gasteiger partial charge in [0, 0.05) is 0 Å². The van der Waals surface area contributed by atoms with Crippen LogP contribution in [0.3, 0.4) is 0 Å². The van der Waals surface area contributed by atoms with E-state index in [1.54, 1.807) is 0 Å². The molecule has 0 aliphatic heterocycles. The molecule has 3 nitrogen and oxygen atoms in total. The van der Waals surface area contributed by atoms with E-state index >= 15 is 0 Å². The fourth-order valence-electron chi connectivity index (χ4n) is 1.96. The predicted octanol–water partition coefficient (Wildman–Crippen LogP) is 2.00. The Morgan fingerprint density at radius 2 is 2.06 bits per heavy atom. The number of benzene rings is 1. The minimum Gasteiger partial charge on any atom is -0.368 e. The number of primary amides is 1. The van der Waals surface area contributed by atoms with Crippen molar-refractivity contribution in [1.82, 2.24) is 5.32 Å². The van der Waals surface area contributed by atoms with Crippen LogP contribution in [0.4, 0.5) is 0 Å². The van der Waals surface area contributed by atoms with Crippen molar-refractivity contribution in [2.45, 2.75) is 39.7 Å². The average Bonchev–Trinajstić information content (AvgIpc) is 2.29. The van der Waals surface area contributed by atoms with Crippen molar-refractivity contribution in [3.8, 4) is 0 Å². The molecule has 0 aromatic heterocycles. The Hall–Kier alpha value is -1.35. The molecule has 1 aromatic rings. The van der Waals surface area contributed by atoms with Gasteiger partial charge in [-0.1, -0.05) is 30.7 Å². The molecule has 1 atom stereocenters. The first-order valence-electron chi connectivity index (χ1n) is 6.04. The highest BCUT2D eigenvalue weighted by molar-refractivity contribution is 5.86. The van der Waals surface area contributed by atoms with Crippen molar-refractivity contribution in [3.05, 3.63) is 34.9 Å². The summed E-state index contributed by atoms with van der Waals surface area (Å²) in [4.78, 5) is 11.8. The zero-order valence-electron chi connectivity index (χ0n) is 11.1. The van der Waals surface area contributed by atoms with Gasteiger partial charge in [-0.25, -0.2) is 0 Å². The van der Waals surface area contributed by atoms with Gasteiger partial charge in [0.2, 0.25) is 5.91 Å². The maximum Gasteiger partial charge on any atom is 0.242 e. The van der Waals surface area contributed by atoms with E-state index < -0.39 is 5.54 Å². The lowest BCUT2D eigenvalue weighted by atomic mass is 9.86. The Morgan fingerprint density at radius 3 is 2.59 bits per heavy atom. The Balaban J connectivity index is 3.21. The van der Waals surface area contributed by atoms with Crippen LogP contribution in [0.1, 0.15) is 37.0 Å². The molecule has 0 aliphatic carbocycles. The zero-order valence-corrected chi connectivity index (χ0v) is 11.1. The third kappa shape index (κ3) is 2.86. The van der Waals surface area contributed by atoms with E-state index in [0.29, 0.717) is 0 Å². The molecular formula is C14H22N2O. The molecular weight excluding hydrogens is 212 g/mol. The quantitative estimate of drug-likeness (QED) is 0.818. The molecule has 0 saturated heterocycles. The van der Waals surface area contributed by atoms with Gasteiger partial charge >= 0.3 is 0 Å². The van der Waals surface area contributed by atoms with Crippen LogP contribution in [-0.2, 0) is 10.3 Å². The highest BCUT2D eigenvalue weighted by atomic mass is 16.1. The minimum absolute atomic E-state index is 0.334. The van der Waals surface area contributed by atoms with Gasteiger partial charge in [0.1, 0.15) is 5.54 Å². The summed E-state index contributed by atoms with van der Waals surface area (Å²) in [6.45, 7) is 8.71. The Kier molecular flexibility index (Phi) is 4.29. The Morgan fingerprint density at radius 1 is 1.41 bits per heavy atom. The first kappa shape index (κ1) is 13.7. The molecule has 3 heteroatoms. The van der Waals surface area contributed by atoms with E-state index in [1.807, 2.05) is 39.0 Å². The molecule has 1 rings (SSSR count). The molecule has 1 amide bonds. The van der Waals surface area contributed by atoms with Crippen LogP contribution in [0.5, 0.6) is 0 Å². The lowest BCUT2D eigenvalue weighted by Gasteiger charge is -2.30. The molecule has 1 aromatic carbocycles. The fraction of sp³-hybridized carbons (Fsp3) is 0.500. The summed E-state index contributed by atoms with van der Waals surface area (Å²) in [7, 11) is 0. The summed E-state index contributed by atoms with van der Waals surface area (Å²) in [6, 6.07) is 6.10. The second kappa shape index (κ2) is 5.32. The van der Waals surface area contributed by atoms with Gasteiger partial charge in [-0.15, -0.1) is 0 Å². The van der Waals surface area contributed by atoms with Crippen molar-refractivity contribution in [2.75, 3.05) is 6.54 Å². The maximum atomic E-state index is 11.8. The van der Waals surface area contributed by atoms with Crippen LogP contribution < -0.4 is 11.1 Å². The monoisotopic (exact) mass is 234 g/mol. The molecule has 0 heterocycles. The third-order valence-corrected chi connectivity index (χ3v) is 3.15.